The van der Waals surface area contributed by atoms with Crippen molar-refractivity contribution in [3.8, 4) is 0 Å². The van der Waals surface area contributed by atoms with Gasteiger partial charge in [0.25, 0.3) is 0 Å². The first-order valence-corrected chi connectivity index (χ1v) is 7.80. The lowest BCUT2D eigenvalue weighted by Gasteiger charge is -2.16. The summed E-state index contributed by atoms with van der Waals surface area (Å²) in [5.74, 6) is 0.321. The SMILES string of the molecule is CSC1(CNC(=O)C(C)CCCC(C)N)CC1. The van der Waals surface area contributed by atoms with Crippen LogP contribution in [0.15, 0.2) is 0 Å². The van der Waals surface area contributed by atoms with E-state index in [-0.39, 0.29) is 17.9 Å². The predicted molar refractivity (Wildman–Crippen MR) is 75.2 cm³/mol. The van der Waals surface area contributed by atoms with Crippen LogP contribution in [0.4, 0.5) is 0 Å². The Morgan fingerprint density at radius 1 is 1.41 bits per heavy atom. The third-order valence-electron chi connectivity index (χ3n) is 3.57. The molecule has 0 aliphatic heterocycles. The Labute approximate surface area is 109 Å². The fraction of sp³-hybridized carbons (Fsp3) is 0.923. The molecule has 1 amide bonds. The molecule has 100 valence electrons. The summed E-state index contributed by atoms with van der Waals surface area (Å²) in [6.45, 7) is 4.86. The molecule has 1 saturated carbocycles. The number of carbonyl (C=O) groups is 1. The van der Waals surface area contributed by atoms with E-state index in [1.54, 1.807) is 0 Å². The summed E-state index contributed by atoms with van der Waals surface area (Å²) in [6.07, 6.45) is 7.61. The number of hydrogen-bond acceptors (Lipinski definition) is 3. The van der Waals surface area contributed by atoms with Crippen molar-refractivity contribution in [1.29, 1.82) is 0 Å². The molecule has 3 N–H and O–H groups in total. The molecule has 4 heteroatoms. The van der Waals surface area contributed by atoms with Crippen LogP contribution in [0.2, 0.25) is 0 Å². The summed E-state index contributed by atoms with van der Waals surface area (Å²) < 4.78 is 0.362. The molecular weight excluding hydrogens is 232 g/mol. The van der Waals surface area contributed by atoms with Gasteiger partial charge in [0.1, 0.15) is 0 Å². The summed E-state index contributed by atoms with van der Waals surface area (Å²) in [4.78, 5) is 11.9. The van der Waals surface area contributed by atoms with Crippen molar-refractivity contribution >= 4 is 17.7 Å². The van der Waals surface area contributed by atoms with Crippen molar-refractivity contribution in [3.05, 3.63) is 0 Å². The van der Waals surface area contributed by atoms with Crippen LogP contribution in [0.3, 0.4) is 0 Å². The van der Waals surface area contributed by atoms with Gasteiger partial charge in [-0.2, -0.15) is 11.8 Å². The van der Waals surface area contributed by atoms with E-state index in [9.17, 15) is 4.79 Å². The van der Waals surface area contributed by atoms with Crippen LogP contribution in [-0.2, 0) is 4.79 Å². The minimum absolute atomic E-state index is 0.117. The Bertz CT molecular complexity index is 252. The van der Waals surface area contributed by atoms with Crippen molar-refractivity contribution in [2.45, 2.75) is 56.7 Å². The molecule has 17 heavy (non-hydrogen) atoms. The summed E-state index contributed by atoms with van der Waals surface area (Å²) >= 11 is 1.88. The number of carbonyl (C=O) groups excluding carboxylic acids is 1. The maximum atomic E-state index is 11.9. The monoisotopic (exact) mass is 258 g/mol. The van der Waals surface area contributed by atoms with Crippen LogP contribution in [0.1, 0.15) is 46.0 Å². The number of thioether (sulfide) groups is 1. The van der Waals surface area contributed by atoms with Gasteiger partial charge in [-0.25, -0.2) is 0 Å². The van der Waals surface area contributed by atoms with Crippen molar-refractivity contribution in [2.24, 2.45) is 11.7 Å². The van der Waals surface area contributed by atoms with Crippen LogP contribution in [-0.4, -0.2) is 29.5 Å². The van der Waals surface area contributed by atoms with Gasteiger partial charge >= 0.3 is 0 Å². The number of amides is 1. The lowest BCUT2D eigenvalue weighted by Crippen LogP contribution is -2.35. The number of hydrogen-bond donors (Lipinski definition) is 2. The summed E-state index contributed by atoms with van der Waals surface area (Å²) in [5, 5.41) is 3.08. The van der Waals surface area contributed by atoms with E-state index in [2.05, 4.69) is 11.6 Å². The Hall–Kier alpha value is -0.220. The molecule has 0 aromatic heterocycles. The molecule has 1 aliphatic rings. The summed E-state index contributed by atoms with van der Waals surface area (Å²) in [7, 11) is 0. The van der Waals surface area contributed by atoms with E-state index < -0.39 is 0 Å². The Balaban J connectivity index is 2.14. The van der Waals surface area contributed by atoms with Crippen molar-refractivity contribution in [2.75, 3.05) is 12.8 Å². The second-order valence-corrected chi connectivity index (χ2v) is 6.69. The molecule has 0 heterocycles. The number of nitrogens with one attached hydrogen (secondary N) is 1. The van der Waals surface area contributed by atoms with Gasteiger partial charge in [-0.1, -0.05) is 13.3 Å². The maximum absolute atomic E-state index is 11.9. The summed E-state index contributed by atoms with van der Waals surface area (Å²) in [5.41, 5.74) is 5.69. The minimum atomic E-state index is 0.117. The smallest absolute Gasteiger partial charge is 0.222 e. The van der Waals surface area contributed by atoms with Gasteiger partial charge in [-0.3, -0.25) is 4.79 Å². The molecule has 2 unspecified atom stereocenters. The van der Waals surface area contributed by atoms with Gasteiger partial charge in [0.05, 0.1) is 0 Å². The first kappa shape index (κ1) is 14.8. The molecule has 1 rings (SSSR count). The zero-order valence-electron chi connectivity index (χ0n) is 11.3. The van der Waals surface area contributed by atoms with E-state index in [1.807, 2.05) is 25.6 Å². The topological polar surface area (TPSA) is 55.1 Å². The number of rotatable bonds is 8. The lowest BCUT2D eigenvalue weighted by molar-refractivity contribution is -0.124. The van der Waals surface area contributed by atoms with Crippen LogP contribution in [0.25, 0.3) is 0 Å². The van der Waals surface area contributed by atoms with Gasteiger partial charge in [0.2, 0.25) is 5.91 Å². The van der Waals surface area contributed by atoms with E-state index >= 15 is 0 Å². The van der Waals surface area contributed by atoms with Crippen LogP contribution >= 0.6 is 11.8 Å². The van der Waals surface area contributed by atoms with Gasteiger partial charge in [-0.05, 0) is 38.9 Å². The van der Waals surface area contributed by atoms with Gasteiger partial charge < -0.3 is 11.1 Å². The molecule has 0 aromatic rings. The zero-order valence-corrected chi connectivity index (χ0v) is 12.1. The van der Waals surface area contributed by atoms with E-state index in [0.717, 1.165) is 25.8 Å². The average molecular weight is 258 g/mol. The Morgan fingerprint density at radius 2 is 2.06 bits per heavy atom. The fourth-order valence-corrected chi connectivity index (χ4v) is 2.62. The maximum Gasteiger partial charge on any atom is 0.222 e. The average Bonchev–Trinajstić information content (AvgIpc) is 3.06. The second kappa shape index (κ2) is 6.64. The van der Waals surface area contributed by atoms with Crippen molar-refractivity contribution < 1.29 is 4.79 Å². The highest BCUT2D eigenvalue weighted by Gasteiger charge is 2.42. The lowest BCUT2D eigenvalue weighted by atomic mass is 10.0. The third kappa shape index (κ3) is 5.30. The predicted octanol–water partition coefficient (Wildman–Crippen LogP) is 2.15. The normalized spacial score (nSPS) is 20.7. The Kier molecular flexibility index (Phi) is 5.80. The molecule has 0 spiro atoms. The van der Waals surface area contributed by atoms with E-state index in [0.29, 0.717) is 4.75 Å². The van der Waals surface area contributed by atoms with E-state index in [1.165, 1.54) is 12.8 Å². The standard InChI is InChI=1S/C13H26N2OS/c1-10(5-4-6-11(2)14)12(16)15-9-13(17-3)7-8-13/h10-11H,4-9,14H2,1-3H3,(H,15,16). The van der Waals surface area contributed by atoms with Crippen molar-refractivity contribution in [1.82, 2.24) is 5.32 Å². The molecule has 1 fully saturated rings. The molecular formula is C13H26N2OS. The van der Waals surface area contributed by atoms with Crippen molar-refractivity contribution in [3.63, 3.8) is 0 Å². The van der Waals surface area contributed by atoms with Gasteiger partial charge in [0.15, 0.2) is 0 Å². The fourth-order valence-electron chi connectivity index (χ4n) is 1.89. The first-order chi connectivity index (χ1) is 7.99. The minimum Gasteiger partial charge on any atom is -0.354 e. The molecule has 0 bridgehead atoms. The highest BCUT2D eigenvalue weighted by atomic mass is 32.2. The van der Waals surface area contributed by atoms with E-state index in [4.69, 9.17) is 5.73 Å². The quantitative estimate of drug-likeness (QED) is 0.701. The highest BCUT2D eigenvalue weighted by molar-refractivity contribution is 8.00. The largest absolute Gasteiger partial charge is 0.354 e. The van der Waals surface area contributed by atoms with Crippen LogP contribution < -0.4 is 11.1 Å². The molecule has 0 saturated heterocycles. The molecule has 3 nitrogen and oxygen atoms in total. The molecule has 0 radical (unpaired) electrons. The third-order valence-corrected chi connectivity index (χ3v) is 4.99. The first-order valence-electron chi connectivity index (χ1n) is 6.57. The van der Waals surface area contributed by atoms with Crippen LogP contribution in [0.5, 0.6) is 0 Å². The molecule has 1 aliphatic carbocycles. The Morgan fingerprint density at radius 3 is 2.53 bits per heavy atom. The molecule has 0 aromatic carbocycles. The second-order valence-electron chi connectivity index (χ2n) is 5.41. The van der Waals surface area contributed by atoms with Gasteiger partial charge in [0, 0.05) is 23.3 Å². The zero-order chi connectivity index (χ0) is 12.9. The number of nitrogens with two attached hydrogens (primary N) is 1. The van der Waals surface area contributed by atoms with Gasteiger partial charge in [-0.15, -0.1) is 0 Å². The van der Waals surface area contributed by atoms with Crippen LogP contribution in [0, 0.1) is 5.92 Å². The molecule has 2 atom stereocenters. The summed E-state index contributed by atoms with van der Waals surface area (Å²) in [6, 6.07) is 0.247. The highest BCUT2D eigenvalue weighted by Crippen LogP contribution is 2.46.